The minimum atomic E-state index is -1.11. The molecule has 2 aromatic rings. The van der Waals surface area contributed by atoms with E-state index in [0.717, 1.165) is 56.1 Å². The molecule has 0 radical (unpaired) electrons. The SMILES string of the molecule is O=C(OCc1ccccc1)C(Cc1ccccc1)OC(=O)N1CCCCN1C(=O)C1CCCCC1. The topological polar surface area (TPSA) is 76.2 Å². The van der Waals surface area contributed by atoms with Gasteiger partial charge < -0.3 is 9.47 Å². The number of hydrogen-bond donors (Lipinski definition) is 0. The highest BCUT2D eigenvalue weighted by molar-refractivity contribution is 5.83. The molecule has 1 aliphatic heterocycles. The van der Waals surface area contributed by atoms with Crippen molar-refractivity contribution in [1.82, 2.24) is 10.0 Å². The molecule has 1 unspecified atom stereocenters. The van der Waals surface area contributed by atoms with E-state index in [0.29, 0.717) is 13.1 Å². The lowest BCUT2D eigenvalue weighted by Gasteiger charge is -2.40. The zero-order valence-corrected chi connectivity index (χ0v) is 20.1. The van der Waals surface area contributed by atoms with Crippen LogP contribution in [0.5, 0.6) is 0 Å². The van der Waals surface area contributed by atoms with E-state index >= 15 is 0 Å². The van der Waals surface area contributed by atoms with Crippen LogP contribution >= 0.6 is 0 Å². The first-order chi connectivity index (χ1) is 17.1. The van der Waals surface area contributed by atoms with Crippen molar-refractivity contribution < 1.29 is 23.9 Å². The Morgan fingerprint density at radius 1 is 0.771 bits per heavy atom. The molecule has 0 spiro atoms. The number of carbonyl (C=O) groups excluding carboxylic acids is 3. The van der Waals surface area contributed by atoms with E-state index in [-0.39, 0.29) is 24.9 Å². The second kappa shape index (κ2) is 12.4. The summed E-state index contributed by atoms with van der Waals surface area (Å²) < 4.78 is 11.2. The number of esters is 1. The van der Waals surface area contributed by atoms with Gasteiger partial charge in [0.25, 0.3) is 0 Å². The van der Waals surface area contributed by atoms with Gasteiger partial charge in [0.15, 0.2) is 0 Å². The Kier molecular flexibility index (Phi) is 8.76. The van der Waals surface area contributed by atoms with Crippen molar-refractivity contribution in [1.29, 1.82) is 0 Å². The molecule has 1 saturated carbocycles. The molecule has 1 aliphatic carbocycles. The highest BCUT2D eigenvalue weighted by Gasteiger charge is 2.36. The fraction of sp³-hybridized carbons (Fsp3) is 0.464. The van der Waals surface area contributed by atoms with E-state index in [9.17, 15) is 14.4 Å². The average molecular weight is 479 g/mol. The van der Waals surface area contributed by atoms with Gasteiger partial charge in [-0.25, -0.2) is 19.6 Å². The van der Waals surface area contributed by atoms with Gasteiger partial charge in [0.2, 0.25) is 12.0 Å². The van der Waals surface area contributed by atoms with E-state index in [4.69, 9.17) is 9.47 Å². The van der Waals surface area contributed by atoms with Crippen LogP contribution in [-0.2, 0) is 32.1 Å². The predicted octanol–water partition coefficient (Wildman–Crippen LogP) is 4.90. The number of ether oxygens (including phenoxy) is 2. The van der Waals surface area contributed by atoms with Gasteiger partial charge in [0, 0.05) is 25.4 Å². The number of carbonyl (C=O) groups is 3. The molecule has 35 heavy (non-hydrogen) atoms. The van der Waals surface area contributed by atoms with Crippen LogP contribution in [0.15, 0.2) is 60.7 Å². The molecule has 186 valence electrons. The fourth-order valence-electron chi connectivity index (χ4n) is 4.75. The Labute approximate surface area is 207 Å². The maximum Gasteiger partial charge on any atom is 0.429 e. The fourth-order valence-corrected chi connectivity index (χ4v) is 4.75. The van der Waals surface area contributed by atoms with Crippen molar-refractivity contribution in [3.8, 4) is 0 Å². The first kappa shape index (κ1) is 24.8. The zero-order valence-electron chi connectivity index (χ0n) is 20.1. The monoisotopic (exact) mass is 478 g/mol. The van der Waals surface area contributed by atoms with Crippen molar-refractivity contribution >= 4 is 18.0 Å². The van der Waals surface area contributed by atoms with Gasteiger partial charge in [-0.2, -0.15) is 0 Å². The van der Waals surface area contributed by atoms with Crippen LogP contribution in [-0.4, -0.2) is 47.2 Å². The van der Waals surface area contributed by atoms with E-state index in [1.54, 1.807) is 5.01 Å². The van der Waals surface area contributed by atoms with Crippen LogP contribution in [0.2, 0.25) is 0 Å². The Bertz CT molecular complexity index is 975. The highest BCUT2D eigenvalue weighted by Crippen LogP contribution is 2.27. The van der Waals surface area contributed by atoms with E-state index < -0.39 is 18.2 Å². The van der Waals surface area contributed by atoms with Gasteiger partial charge >= 0.3 is 12.1 Å². The summed E-state index contributed by atoms with van der Waals surface area (Å²) in [6.45, 7) is 0.985. The first-order valence-corrected chi connectivity index (χ1v) is 12.7. The van der Waals surface area contributed by atoms with E-state index in [2.05, 4.69) is 0 Å². The molecule has 1 heterocycles. The summed E-state index contributed by atoms with van der Waals surface area (Å²) in [5.41, 5.74) is 1.71. The maximum atomic E-state index is 13.3. The van der Waals surface area contributed by atoms with Gasteiger partial charge in [0.1, 0.15) is 6.61 Å². The van der Waals surface area contributed by atoms with Crippen molar-refractivity contribution in [2.24, 2.45) is 5.92 Å². The van der Waals surface area contributed by atoms with Crippen molar-refractivity contribution in [2.75, 3.05) is 13.1 Å². The normalized spacial score (nSPS) is 17.5. The molecule has 7 nitrogen and oxygen atoms in total. The molecule has 2 amide bonds. The molecule has 1 saturated heterocycles. The smallest absolute Gasteiger partial charge is 0.429 e. The summed E-state index contributed by atoms with van der Waals surface area (Å²) in [6, 6.07) is 18.8. The number of benzene rings is 2. The first-order valence-electron chi connectivity index (χ1n) is 12.7. The van der Waals surface area contributed by atoms with E-state index in [1.165, 1.54) is 5.01 Å². The maximum absolute atomic E-state index is 13.3. The number of nitrogens with zero attached hydrogens (tertiary/aromatic N) is 2. The van der Waals surface area contributed by atoms with Crippen LogP contribution in [0, 0.1) is 5.92 Å². The lowest BCUT2D eigenvalue weighted by atomic mass is 9.88. The molecule has 7 heteroatoms. The van der Waals surface area contributed by atoms with Gasteiger partial charge in [-0.15, -0.1) is 0 Å². The summed E-state index contributed by atoms with van der Waals surface area (Å²) in [4.78, 5) is 39.5. The summed E-state index contributed by atoms with van der Waals surface area (Å²) in [5, 5.41) is 2.94. The van der Waals surface area contributed by atoms with Crippen molar-refractivity contribution in [3.63, 3.8) is 0 Å². The number of amides is 2. The van der Waals surface area contributed by atoms with Gasteiger partial charge in [-0.05, 0) is 36.8 Å². The number of hydrazine groups is 1. The van der Waals surface area contributed by atoms with Crippen LogP contribution < -0.4 is 0 Å². The Hall–Kier alpha value is -3.35. The van der Waals surface area contributed by atoms with Crippen LogP contribution in [0.25, 0.3) is 0 Å². The number of rotatable bonds is 7. The van der Waals surface area contributed by atoms with Crippen molar-refractivity contribution in [3.05, 3.63) is 71.8 Å². The third kappa shape index (κ3) is 6.84. The van der Waals surface area contributed by atoms with Gasteiger partial charge in [0.05, 0.1) is 0 Å². The minimum absolute atomic E-state index is 0.00684. The quantitative estimate of drug-likeness (QED) is 0.529. The zero-order chi connectivity index (χ0) is 24.5. The molecule has 0 aromatic heterocycles. The molecular formula is C28H34N2O5. The summed E-state index contributed by atoms with van der Waals surface area (Å²) in [7, 11) is 0. The summed E-state index contributed by atoms with van der Waals surface area (Å²) in [6.07, 6.45) is 5.00. The molecule has 4 rings (SSSR count). The third-order valence-electron chi connectivity index (χ3n) is 6.69. The third-order valence-corrected chi connectivity index (χ3v) is 6.69. The van der Waals surface area contributed by atoms with Gasteiger partial charge in [-0.1, -0.05) is 79.9 Å². The molecule has 1 atom stereocenters. The largest absolute Gasteiger partial charge is 0.458 e. The molecule has 2 aliphatic rings. The second-order valence-electron chi connectivity index (χ2n) is 9.28. The van der Waals surface area contributed by atoms with Crippen LogP contribution in [0.1, 0.15) is 56.1 Å². The Morgan fingerprint density at radius 3 is 2.03 bits per heavy atom. The number of hydrogen-bond acceptors (Lipinski definition) is 5. The second-order valence-corrected chi connectivity index (χ2v) is 9.28. The Morgan fingerprint density at radius 2 is 1.37 bits per heavy atom. The molecular weight excluding hydrogens is 444 g/mol. The molecule has 2 aromatic carbocycles. The lowest BCUT2D eigenvalue weighted by Crippen LogP contribution is -2.56. The lowest BCUT2D eigenvalue weighted by molar-refractivity contribution is -0.161. The molecule has 0 bridgehead atoms. The molecule has 0 N–H and O–H groups in total. The molecule has 2 fully saturated rings. The van der Waals surface area contributed by atoms with Crippen LogP contribution in [0.4, 0.5) is 4.79 Å². The standard InChI is InChI=1S/C28H34N2O5/c31-26(24-16-8-3-9-17-24)29-18-10-11-19-30(29)28(33)35-25(20-22-12-4-1-5-13-22)27(32)34-21-23-14-6-2-7-15-23/h1-2,4-7,12-15,24-25H,3,8-11,16-21H2. The van der Waals surface area contributed by atoms with Crippen LogP contribution in [0.3, 0.4) is 0 Å². The minimum Gasteiger partial charge on any atom is -0.458 e. The Balaban J connectivity index is 1.45. The average Bonchev–Trinajstić information content (AvgIpc) is 2.92. The van der Waals surface area contributed by atoms with E-state index in [1.807, 2.05) is 60.7 Å². The van der Waals surface area contributed by atoms with Gasteiger partial charge in [-0.3, -0.25) is 4.79 Å². The highest BCUT2D eigenvalue weighted by atomic mass is 16.6. The summed E-state index contributed by atoms with van der Waals surface area (Å²) >= 11 is 0. The van der Waals surface area contributed by atoms with Crippen molar-refractivity contribution in [2.45, 2.75) is 64.1 Å². The predicted molar refractivity (Wildman–Crippen MR) is 131 cm³/mol. The summed E-state index contributed by atoms with van der Waals surface area (Å²) in [5.74, 6) is -0.658.